The van der Waals surface area contributed by atoms with Crippen molar-refractivity contribution >= 4 is 0 Å². The van der Waals surface area contributed by atoms with E-state index < -0.39 is 0 Å². The molecule has 0 saturated heterocycles. The topological polar surface area (TPSA) is 0 Å². The molecule has 0 aromatic heterocycles. The fourth-order valence-electron chi connectivity index (χ4n) is 3.70. The molecule has 25 heavy (non-hydrogen) atoms. The van der Waals surface area contributed by atoms with E-state index in [0.29, 0.717) is 16.2 Å². The quantitative estimate of drug-likeness (QED) is 0.463. The summed E-state index contributed by atoms with van der Waals surface area (Å²) < 4.78 is 0. The van der Waals surface area contributed by atoms with Gasteiger partial charge in [0.25, 0.3) is 0 Å². The van der Waals surface area contributed by atoms with Crippen LogP contribution in [0.2, 0.25) is 0 Å². The van der Waals surface area contributed by atoms with Gasteiger partial charge in [0, 0.05) is 0 Å². The van der Waals surface area contributed by atoms with E-state index >= 15 is 0 Å². The maximum atomic E-state index is 2.45. The monoisotopic (exact) mass is 354 g/mol. The summed E-state index contributed by atoms with van der Waals surface area (Å²) >= 11 is 0. The Morgan fingerprint density at radius 1 is 0.600 bits per heavy atom. The summed E-state index contributed by atoms with van der Waals surface area (Å²) in [5.74, 6) is 1.000. The third-order valence-corrected chi connectivity index (χ3v) is 7.00. The summed E-state index contributed by atoms with van der Waals surface area (Å²) in [6.45, 7) is 24.7. The molecule has 2 rings (SSSR count). The van der Waals surface area contributed by atoms with Crippen molar-refractivity contribution in [1.82, 2.24) is 0 Å². The lowest BCUT2D eigenvalue weighted by Crippen LogP contribution is -2.28. The zero-order chi connectivity index (χ0) is 20.1. The van der Waals surface area contributed by atoms with E-state index in [2.05, 4.69) is 48.5 Å². The van der Waals surface area contributed by atoms with Gasteiger partial charge in [-0.05, 0) is 60.7 Å². The molecule has 2 aliphatic carbocycles. The smallest absolute Gasteiger partial charge is 0.0328 e. The molecule has 0 aliphatic heterocycles. The fraction of sp³-hybridized carbons (Fsp3) is 1.00. The molecule has 0 N–H and O–H groups in total. The minimum atomic E-state index is 0.634. The predicted octanol–water partition coefficient (Wildman–Crippen LogP) is 9.67. The molecule has 0 heterocycles. The molecule has 154 valence electrons. The van der Waals surface area contributed by atoms with Crippen molar-refractivity contribution in [3.8, 4) is 0 Å². The summed E-state index contributed by atoms with van der Waals surface area (Å²) in [4.78, 5) is 0. The lowest BCUT2D eigenvalue weighted by molar-refractivity contribution is 0.113. The lowest BCUT2D eigenvalue weighted by atomic mass is 9.65. The fourth-order valence-corrected chi connectivity index (χ4v) is 3.70. The van der Waals surface area contributed by atoms with Crippen molar-refractivity contribution in [2.24, 2.45) is 22.2 Å². The van der Waals surface area contributed by atoms with Gasteiger partial charge < -0.3 is 0 Å². The second-order valence-corrected chi connectivity index (χ2v) is 9.68. The van der Waals surface area contributed by atoms with E-state index in [1.54, 1.807) is 0 Å². The van der Waals surface area contributed by atoms with Crippen LogP contribution in [-0.4, -0.2) is 0 Å². The van der Waals surface area contributed by atoms with Gasteiger partial charge in [0.2, 0.25) is 0 Å². The molecule has 0 nitrogen and oxygen atoms in total. The Bertz CT molecular complexity index is 281. The van der Waals surface area contributed by atoms with Gasteiger partial charge in [0.05, 0.1) is 0 Å². The third-order valence-electron chi connectivity index (χ3n) is 7.00. The summed E-state index contributed by atoms with van der Waals surface area (Å²) in [7, 11) is 0. The van der Waals surface area contributed by atoms with Gasteiger partial charge in [0.15, 0.2) is 0 Å². The number of rotatable bonds is 2. The summed E-state index contributed by atoms with van der Waals surface area (Å²) in [6.07, 6.45) is 14.3. The predicted molar refractivity (Wildman–Crippen MR) is 119 cm³/mol. The Morgan fingerprint density at radius 2 is 0.920 bits per heavy atom. The van der Waals surface area contributed by atoms with Crippen LogP contribution in [0.25, 0.3) is 0 Å². The maximum Gasteiger partial charge on any atom is -0.0328 e. The van der Waals surface area contributed by atoms with Crippen LogP contribution >= 0.6 is 0 Å². The Labute approximate surface area is 163 Å². The minimum absolute atomic E-state index is 0.634. The molecule has 0 atom stereocenters. The Hall–Kier alpha value is 0. The zero-order valence-corrected chi connectivity index (χ0v) is 20.1. The van der Waals surface area contributed by atoms with Crippen molar-refractivity contribution in [2.45, 2.75) is 140 Å². The average molecular weight is 355 g/mol. The highest BCUT2D eigenvalue weighted by Crippen LogP contribution is 2.46. The van der Waals surface area contributed by atoms with Gasteiger partial charge in [-0.3, -0.25) is 0 Å². The van der Waals surface area contributed by atoms with Crippen LogP contribution in [0, 0.1) is 22.2 Å². The van der Waals surface area contributed by atoms with Crippen molar-refractivity contribution in [1.29, 1.82) is 0 Å². The molecular formula is C25H54. The molecule has 0 amide bonds. The highest BCUT2D eigenvalue weighted by atomic mass is 14.4. The SMILES string of the molecule is CC.CC.CCC1(C)CCC(C)(C)CC1.CCC1(C)CCC(C)CC1. The van der Waals surface area contributed by atoms with Crippen molar-refractivity contribution < 1.29 is 0 Å². The van der Waals surface area contributed by atoms with Crippen LogP contribution in [0.4, 0.5) is 0 Å². The number of hydrogen-bond acceptors (Lipinski definition) is 0. The van der Waals surface area contributed by atoms with Crippen molar-refractivity contribution in [3.05, 3.63) is 0 Å². The molecule has 0 heteroatoms. The van der Waals surface area contributed by atoms with Gasteiger partial charge in [-0.25, -0.2) is 0 Å². The van der Waals surface area contributed by atoms with E-state index in [0.717, 1.165) is 5.92 Å². The first kappa shape index (κ1) is 27.2. The average Bonchev–Trinajstić information content (AvgIpc) is 2.65. The first-order valence-corrected chi connectivity index (χ1v) is 11.6. The van der Waals surface area contributed by atoms with Crippen molar-refractivity contribution in [2.75, 3.05) is 0 Å². The highest BCUT2D eigenvalue weighted by Gasteiger charge is 2.33. The summed E-state index contributed by atoms with van der Waals surface area (Å²) in [6, 6.07) is 0. The molecule has 0 unspecified atom stereocenters. The Balaban J connectivity index is 0. The molecule has 0 spiro atoms. The van der Waals surface area contributed by atoms with Crippen LogP contribution in [0.15, 0.2) is 0 Å². The molecule has 0 bridgehead atoms. The first-order chi connectivity index (χ1) is 11.6. The first-order valence-electron chi connectivity index (χ1n) is 11.6. The summed E-state index contributed by atoms with van der Waals surface area (Å²) in [5.41, 5.74) is 2.01. The lowest BCUT2D eigenvalue weighted by Gasteiger charge is -2.41. The van der Waals surface area contributed by atoms with Crippen LogP contribution in [0.5, 0.6) is 0 Å². The zero-order valence-electron chi connectivity index (χ0n) is 20.1. The van der Waals surface area contributed by atoms with E-state index in [4.69, 9.17) is 0 Å². The van der Waals surface area contributed by atoms with Gasteiger partial charge in [-0.15, -0.1) is 0 Å². The normalized spacial score (nSPS) is 29.6. The molecule has 0 radical (unpaired) electrons. The van der Waals surface area contributed by atoms with Gasteiger partial charge in [-0.2, -0.15) is 0 Å². The molecule has 2 fully saturated rings. The van der Waals surface area contributed by atoms with E-state index in [1.165, 1.54) is 64.2 Å². The molecule has 2 aliphatic rings. The molecule has 0 aromatic carbocycles. The largest absolute Gasteiger partial charge is 0.0683 e. The maximum absolute atomic E-state index is 2.45. The van der Waals surface area contributed by atoms with E-state index in [1.807, 2.05) is 27.7 Å². The Morgan fingerprint density at radius 3 is 1.24 bits per heavy atom. The van der Waals surface area contributed by atoms with Gasteiger partial charge >= 0.3 is 0 Å². The second kappa shape index (κ2) is 13.2. The van der Waals surface area contributed by atoms with Crippen LogP contribution < -0.4 is 0 Å². The van der Waals surface area contributed by atoms with Gasteiger partial charge in [0.1, 0.15) is 0 Å². The number of hydrogen-bond donors (Lipinski definition) is 0. The van der Waals surface area contributed by atoms with Crippen LogP contribution in [0.1, 0.15) is 140 Å². The van der Waals surface area contributed by atoms with Crippen LogP contribution in [0.3, 0.4) is 0 Å². The van der Waals surface area contributed by atoms with Gasteiger partial charge in [-0.1, -0.05) is 102 Å². The third kappa shape index (κ3) is 11.3. The van der Waals surface area contributed by atoms with Crippen molar-refractivity contribution in [3.63, 3.8) is 0 Å². The standard InChI is InChI=1S/C11H22.C10H20.2C2H6/c1-5-11(4)8-6-10(2,3)7-9-11;1-4-10(3)7-5-9(2)6-8-10;2*1-2/h5-9H2,1-4H3;9H,4-8H2,1-3H3;2*1-2H3. The molecule has 0 aromatic rings. The minimum Gasteiger partial charge on any atom is -0.0683 e. The van der Waals surface area contributed by atoms with E-state index in [9.17, 15) is 0 Å². The molecular weight excluding hydrogens is 300 g/mol. The van der Waals surface area contributed by atoms with Crippen LogP contribution in [-0.2, 0) is 0 Å². The highest BCUT2D eigenvalue weighted by molar-refractivity contribution is 4.85. The summed E-state index contributed by atoms with van der Waals surface area (Å²) in [5, 5.41) is 0. The Kier molecular flexibility index (Phi) is 14.4. The molecule has 2 saturated carbocycles. The van der Waals surface area contributed by atoms with E-state index in [-0.39, 0.29) is 0 Å². The second-order valence-electron chi connectivity index (χ2n) is 9.68.